The predicted octanol–water partition coefficient (Wildman–Crippen LogP) is 7.91. The summed E-state index contributed by atoms with van der Waals surface area (Å²) in [6.45, 7) is 17.1. The number of nitrogens with zero attached hydrogens (tertiary/aromatic N) is 1. The molecule has 17 heteroatoms. The highest BCUT2D eigenvalue weighted by Crippen LogP contribution is 2.35. The van der Waals surface area contributed by atoms with Gasteiger partial charge >= 0.3 is 18.2 Å². The molecule has 1 heterocycles. The fraction of sp³-hybridized carbons (Fsp3) is 0.457. The van der Waals surface area contributed by atoms with Crippen molar-refractivity contribution in [2.75, 3.05) is 39.3 Å². The van der Waals surface area contributed by atoms with E-state index in [0.29, 0.717) is 54.5 Å². The number of carbonyl (C=O) groups excluding carboxylic acids is 5. The summed E-state index contributed by atoms with van der Waals surface area (Å²) in [5.41, 5.74) is 0.146. The Balaban J connectivity index is 1.53. The van der Waals surface area contributed by atoms with Gasteiger partial charge < -0.3 is 43.8 Å². The lowest BCUT2D eigenvalue weighted by Gasteiger charge is -2.28. The maximum Gasteiger partial charge on any atom is 0.511 e. The topological polar surface area (TPSA) is 223 Å². The zero-order valence-electron chi connectivity index (χ0n) is 37.4. The molecule has 1 saturated carbocycles. The monoisotopic (exact) mass is 873 g/mol. The van der Waals surface area contributed by atoms with Crippen molar-refractivity contribution in [1.29, 1.82) is 5.41 Å². The first kappa shape index (κ1) is 49.3. The minimum atomic E-state index is -1.42. The molecule has 17 nitrogen and oxygen atoms in total. The zero-order valence-corrected chi connectivity index (χ0v) is 37.4. The number of nitrogens with one attached hydrogen (secondary N) is 4. The number of aromatic nitrogens is 1. The molecule has 1 aliphatic carbocycles. The van der Waals surface area contributed by atoms with E-state index in [1.54, 1.807) is 33.1 Å². The number of carbonyl (C=O) groups is 5. The highest BCUT2D eigenvalue weighted by Gasteiger charge is 2.28. The predicted molar refractivity (Wildman–Crippen MR) is 235 cm³/mol. The number of alkyl carbamates (subject to hydrolysis) is 1. The summed E-state index contributed by atoms with van der Waals surface area (Å²) in [6, 6.07) is 12.1. The minimum Gasteiger partial charge on any atom is -0.496 e. The van der Waals surface area contributed by atoms with Crippen LogP contribution in [0.25, 0.3) is 17.2 Å². The highest BCUT2D eigenvalue weighted by molar-refractivity contribution is 6.11. The lowest BCUT2D eigenvalue weighted by atomic mass is 9.94. The van der Waals surface area contributed by atoms with Crippen molar-refractivity contribution in [1.82, 2.24) is 15.6 Å². The van der Waals surface area contributed by atoms with Crippen LogP contribution in [0.5, 0.6) is 5.75 Å². The molecular weight excluding hydrogens is 815 g/mol. The van der Waals surface area contributed by atoms with E-state index in [4.69, 9.17) is 38.6 Å². The molecule has 0 aliphatic heterocycles. The van der Waals surface area contributed by atoms with E-state index in [2.05, 4.69) is 27.5 Å². The average molecular weight is 874 g/mol. The van der Waals surface area contributed by atoms with Crippen LogP contribution in [0.15, 0.2) is 55.1 Å². The minimum absolute atomic E-state index is 0.0610. The number of esters is 1. The van der Waals surface area contributed by atoms with E-state index in [1.807, 2.05) is 27.7 Å². The van der Waals surface area contributed by atoms with Gasteiger partial charge in [-0.15, -0.1) is 0 Å². The first-order valence-electron chi connectivity index (χ1n) is 20.6. The van der Waals surface area contributed by atoms with Gasteiger partial charge in [0.1, 0.15) is 17.3 Å². The largest absolute Gasteiger partial charge is 0.511 e. The number of methoxy groups -OCH3 is 2. The van der Waals surface area contributed by atoms with Crippen molar-refractivity contribution in [3.63, 3.8) is 0 Å². The van der Waals surface area contributed by atoms with Crippen LogP contribution in [0, 0.1) is 11.3 Å². The van der Waals surface area contributed by atoms with E-state index >= 15 is 0 Å². The Bertz CT molecular complexity index is 2150. The third-order valence-electron chi connectivity index (χ3n) is 9.91. The molecule has 4 N–H and O–H groups in total. The second-order valence-electron chi connectivity index (χ2n) is 16.3. The number of rotatable bonds is 21. The maximum atomic E-state index is 14.1. The van der Waals surface area contributed by atoms with E-state index in [0.717, 1.165) is 12.8 Å². The molecule has 1 aliphatic rings. The van der Waals surface area contributed by atoms with Gasteiger partial charge in [-0.05, 0) is 115 Å². The summed E-state index contributed by atoms with van der Waals surface area (Å²) in [4.78, 5) is 70.1. The standard InChI is InChI=1S/C46H59N5O12/c1-11-30-24-35(40(52)49-32-16-14-31(15-17-32)39(47)51-43(55)59-22-20-46(7,8)60-23-21-45(5,6)58-10)34(25-37(30)57-9)33-18-19-36(41(53)48-26-29-12-13-29)50-38(33)42(54)62-28(4)63-44(56)61-27(2)3/h11,14-19,24-25,27-29H,1,12-13,20-23,26H2,2-10H3,(H,48,53)(H,49,52)(H2,47,51,55). The molecule has 0 bridgehead atoms. The summed E-state index contributed by atoms with van der Waals surface area (Å²) in [7, 11) is 3.08. The highest BCUT2D eigenvalue weighted by atomic mass is 16.8. The maximum absolute atomic E-state index is 14.1. The number of hydrogen-bond acceptors (Lipinski definition) is 14. The first-order valence-corrected chi connectivity index (χ1v) is 20.6. The van der Waals surface area contributed by atoms with Crippen LogP contribution in [0.4, 0.5) is 15.3 Å². The van der Waals surface area contributed by atoms with Crippen LogP contribution in [0.1, 0.15) is 117 Å². The second kappa shape index (κ2) is 22.2. The molecule has 2 aromatic carbocycles. The van der Waals surface area contributed by atoms with Crippen molar-refractivity contribution in [2.45, 2.75) is 97.7 Å². The Hall–Kier alpha value is -6.33. The SMILES string of the molecule is C=Cc1cc(C(=O)Nc2ccc(C(=N)NC(=O)OCCC(C)(C)OCCC(C)(C)OC)cc2)c(-c2ccc(C(=O)NCC3CC3)nc2C(=O)OC(C)OC(=O)OC(C)C)cc1OC. The molecule has 340 valence electrons. The van der Waals surface area contributed by atoms with E-state index < -0.39 is 48.0 Å². The summed E-state index contributed by atoms with van der Waals surface area (Å²) in [6.07, 6.45) is 0.841. The third kappa shape index (κ3) is 15.2. The summed E-state index contributed by atoms with van der Waals surface area (Å²) < 4.78 is 37.8. The number of ether oxygens (including phenoxy) is 7. The molecule has 1 aromatic heterocycles. The Labute approximate surface area is 368 Å². The van der Waals surface area contributed by atoms with E-state index in [9.17, 15) is 24.0 Å². The molecule has 3 aromatic rings. The number of amides is 3. The Kier molecular flexibility index (Phi) is 17.3. The fourth-order valence-electron chi connectivity index (χ4n) is 5.80. The van der Waals surface area contributed by atoms with Gasteiger partial charge in [-0.1, -0.05) is 12.7 Å². The van der Waals surface area contributed by atoms with Crippen molar-refractivity contribution in [3.8, 4) is 16.9 Å². The van der Waals surface area contributed by atoms with E-state index in [-0.39, 0.29) is 46.1 Å². The van der Waals surface area contributed by atoms with Crippen LogP contribution in [0.3, 0.4) is 0 Å². The van der Waals surface area contributed by atoms with Gasteiger partial charge in [-0.3, -0.25) is 20.3 Å². The van der Waals surface area contributed by atoms with Gasteiger partial charge in [0.05, 0.1) is 37.6 Å². The van der Waals surface area contributed by atoms with Crippen LogP contribution >= 0.6 is 0 Å². The number of anilines is 1. The van der Waals surface area contributed by atoms with Gasteiger partial charge in [0.25, 0.3) is 11.8 Å². The molecule has 3 amide bonds. The molecule has 1 fully saturated rings. The first-order chi connectivity index (χ1) is 29.7. The van der Waals surface area contributed by atoms with Crippen LogP contribution in [0.2, 0.25) is 0 Å². The lowest BCUT2D eigenvalue weighted by molar-refractivity contribution is -0.0869. The smallest absolute Gasteiger partial charge is 0.496 e. The molecule has 1 atom stereocenters. The molecular formula is C46H59N5O12. The number of benzene rings is 2. The van der Waals surface area contributed by atoms with Gasteiger partial charge in [0.15, 0.2) is 5.69 Å². The van der Waals surface area contributed by atoms with Crippen molar-refractivity contribution in [2.24, 2.45) is 5.92 Å². The van der Waals surface area contributed by atoms with Crippen LogP contribution < -0.4 is 20.7 Å². The molecule has 0 radical (unpaired) electrons. The van der Waals surface area contributed by atoms with Crippen LogP contribution in [-0.4, -0.2) is 98.4 Å². The van der Waals surface area contributed by atoms with Crippen LogP contribution in [-0.2, 0) is 28.4 Å². The average Bonchev–Trinajstić information content (AvgIpc) is 4.06. The molecule has 4 rings (SSSR count). The molecule has 0 saturated heterocycles. The lowest BCUT2D eigenvalue weighted by Crippen LogP contribution is -2.34. The van der Waals surface area contributed by atoms with Gasteiger partial charge in [0, 0.05) is 60.5 Å². The Morgan fingerprint density at radius 2 is 1.56 bits per heavy atom. The molecule has 0 spiro atoms. The van der Waals surface area contributed by atoms with Gasteiger partial charge in [-0.25, -0.2) is 19.4 Å². The normalized spacial score (nSPS) is 13.0. The zero-order chi connectivity index (χ0) is 46.5. The molecule has 63 heavy (non-hydrogen) atoms. The van der Waals surface area contributed by atoms with Gasteiger partial charge in [-0.2, -0.15) is 0 Å². The summed E-state index contributed by atoms with van der Waals surface area (Å²) >= 11 is 0. The second-order valence-corrected chi connectivity index (χ2v) is 16.3. The summed E-state index contributed by atoms with van der Waals surface area (Å²) in [5, 5.41) is 16.5. The molecule has 1 unspecified atom stereocenters. The van der Waals surface area contributed by atoms with Gasteiger partial charge in [0.2, 0.25) is 6.29 Å². The Morgan fingerprint density at radius 1 is 0.873 bits per heavy atom. The third-order valence-corrected chi connectivity index (χ3v) is 9.91. The van der Waals surface area contributed by atoms with E-state index in [1.165, 1.54) is 56.5 Å². The van der Waals surface area contributed by atoms with Crippen molar-refractivity contribution in [3.05, 3.63) is 83.2 Å². The summed E-state index contributed by atoms with van der Waals surface area (Å²) in [5.74, 6) is -1.73. The van der Waals surface area contributed by atoms with Crippen molar-refractivity contribution >= 4 is 47.6 Å². The Morgan fingerprint density at radius 3 is 2.17 bits per heavy atom. The number of pyridine rings is 1. The quantitative estimate of drug-likeness (QED) is 0.0263. The van der Waals surface area contributed by atoms with Crippen molar-refractivity contribution < 1.29 is 57.1 Å². The number of hydrogen-bond donors (Lipinski definition) is 4. The number of amidine groups is 1. The fourth-order valence-corrected chi connectivity index (χ4v) is 5.80.